The second kappa shape index (κ2) is 9.76. The zero-order valence-corrected chi connectivity index (χ0v) is 18.8. The van der Waals surface area contributed by atoms with Gasteiger partial charge in [0, 0.05) is 26.1 Å². The van der Waals surface area contributed by atoms with E-state index < -0.39 is 39.9 Å². The number of hydrogen-bond donors (Lipinski definition) is 1. The van der Waals surface area contributed by atoms with E-state index in [1.54, 1.807) is 37.8 Å². The second-order valence-electron chi connectivity index (χ2n) is 8.18. The minimum absolute atomic E-state index is 0.0627. The Morgan fingerprint density at radius 1 is 1.20 bits per heavy atom. The molecule has 9 nitrogen and oxygen atoms in total. The van der Waals surface area contributed by atoms with Crippen LogP contribution in [-0.4, -0.2) is 69.9 Å². The molecule has 30 heavy (non-hydrogen) atoms. The van der Waals surface area contributed by atoms with E-state index in [0.29, 0.717) is 6.54 Å². The van der Waals surface area contributed by atoms with Gasteiger partial charge in [0.05, 0.1) is 18.1 Å². The minimum Gasteiger partial charge on any atom is -0.468 e. The van der Waals surface area contributed by atoms with Crippen molar-refractivity contribution in [2.75, 3.05) is 26.7 Å². The van der Waals surface area contributed by atoms with Crippen LogP contribution in [0.25, 0.3) is 0 Å². The lowest BCUT2D eigenvalue weighted by molar-refractivity contribution is -0.145. The highest BCUT2D eigenvalue weighted by atomic mass is 32.2. The maximum absolute atomic E-state index is 12.6. The average Bonchev–Trinajstić information content (AvgIpc) is 3.01. The molecule has 2 atom stereocenters. The van der Waals surface area contributed by atoms with Crippen molar-refractivity contribution in [1.29, 1.82) is 0 Å². The van der Waals surface area contributed by atoms with Crippen molar-refractivity contribution in [1.82, 2.24) is 10.2 Å². The van der Waals surface area contributed by atoms with E-state index >= 15 is 0 Å². The van der Waals surface area contributed by atoms with Gasteiger partial charge in [-0.1, -0.05) is 17.7 Å². The number of ether oxygens (including phenoxy) is 2. The summed E-state index contributed by atoms with van der Waals surface area (Å²) in [4.78, 5) is 25.7. The highest BCUT2D eigenvalue weighted by molar-refractivity contribution is 7.86. The standard InChI is InChI=1S/C20H30N2O7S/c1-14-6-8-16(9-7-14)30(25,26)29-15-12-17(18(23)27-5)22(13-15)11-10-21-19(24)28-20(2,3)4/h6-9,15,17H,10-13H2,1-5H3,(H,21,24)/t15-,17-/m0/s1. The third kappa shape index (κ3) is 6.96. The third-order valence-electron chi connectivity index (χ3n) is 4.48. The van der Waals surface area contributed by atoms with E-state index in [1.165, 1.54) is 19.2 Å². The summed E-state index contributed by atoms with van der Waals surface area (Å²) in [5.74, 6) is -0.480. The van der Waals surface area contributed by atoms with Crippen molar-refractivity contribution < 1.29 is 31.7 Å². The van der Waals surface area contributed by atoms with E-state index in [2.05, 4.69) is 5.32 Å². The normalized spacial score (nSPS) is 20.0. The lowest BCUT2D eigenvalue weighted by Gasteiger charge is -2.23. The highest BCUT2D eigenvalue weighted by Gasteiger charge is 2.40. The Hall–Kier alpha value is -2.17. The number of benzene rings is 1. The number of esters is 1. The van der Waals surface area contributed by atoms with E-state index in [-0.39, 0.29) is 24.4 Å². The molecule has 0 unspecified atom stereocenters. The van der Waals surface area contributed by atoms with Crippen LogP contribution < -0.4 is 5.32 Å². The molecule has 1 amide bonds. The van der Waals surface area contributed by atoms with Gasteiger partial charge in [0.2, 0.25) is 0 Å². The Kier molecular flexibility index (Phi) is 7.84. The van der Waals surface area contributed by atoms with Gasteiger partial charge in [0.1, 0.15) is 11.6 Å². The first-order chi connectivity index (χ1) is 13.9. The molecule has 1 aromatic carbocycles. The fourth-order valence-corrected chi connectivity index (χ4v) is 4.19. The SMILES string of the molecule is COC(=O)[C@@H]1C[C@H](OS(=O)(=O)c2ccc(C)cc2)CN1CCNC(=O)OC(C)(C)C. The van der Waals surface area contributed by atoms with Crippen molar-refractivity contribution in [3.63, 3.8) is 0 Å². The zero-order chi connectivity index (χ0) is 22.5. The van der Waals surface area contributed by atoms with Gasteiger partial charge in [-0.25, -0.2) is 4.79 Å². The van der Waals surface area contributed by atoms with E-state index in [4.69, 9.17) is 13.7 Å². The summed E-state index contributed by atoms with van der Waals surface area (Å²) in [7, 11) is -2.69. The first kappa shape index (κ1) is 24.1. The number of methoxy groups -OCH3 is 1. The predicted molar refractivity (Wildman–Crippen MR) is 109 cm³/mol. The largest absolute Gasteiger partial charge is 0.468 e. The molecule has 1 aromatic rings. The lowest BCUT2D eigenvalue weighted by Crippen LogP contribution is -2.42. The van der Waals surface area contributed by atoms with E-state index in [0.717, 1.165) is 5.56 Å². The molecule has 0 aliphatic carbocycles. The number of amides is 1. The van der Waals surface area contributed by atoms with Crippen LogP contribution in [0.5, 0.6) is 0 Å². The van der Waals surface area contributed by atoms with Crippen molar-refractivity contribution in [2.24, 2.45) is 0 Å². The molecule has 168 valence electrons. The number of carbonyl (C=O) groups excluding carboxylic acids is 2. The lowest BCUT2D eigenvalue weighted by atomic mass is 10.2. The third-order valence-corrected chi connectivity index (χ3v) is 5.85. The molecule has 1 aliphatic rings. The van der Waals surface area contributed by atoms with Gasteiger partial charge >= 0.3 is 12.1 Å². The molecule has 1 heterocycles. The number of likely N-dealkylation sites (tertiary alicyclic amines) is 1. The number of hydrogen-bond acceptors (Lipinski definition) is 8. The number of aryl methyl sites for hydroxylation is 1. The predicted octanol–water partition coefficient (Wildman–Crippen LogP) is 1.84. The number of alkyl carbamates (subject to hydrolysis) is 1. The fourth-order valence-electron chi connectivity index (χ4n) is 3.11. The molecule has 0 radical (unpaired) electrons. The molecular weight excluding hydrogens is 412 g/mol. The highest BCUT2D eigenvalue weighted by Crippen LogP contribution is 2.25. The summed E-state index contributed by atoms with van der Waals surface area (Å²) < 4.78 is 40.5. The van der Waals surface area contributed by atoms with E-state index in [9.17, 15) is 18.0 Å². The van der Waals surface area contributed by atoms with Gasteiger partial charge in [-0.05, 0) is 39.8 Å². The second-order valence-corrected chi connectivity index (χ2v) is 9.76. The average molecular weight is 443 g/mol. The molecule has 10 heteroatoms. The number of nitrogens with one attached hydrogen (secondary N) is 1. The molecule has 0 spiro atoms. The number of rotatable bonds is 7. The smallest absolute Gasteiger partial charge is 0.407 e. The maximum Gasteiger partial charge on any atom is 0.407 e. The van der Waals surface area contributed by atoms with Crippen molar-refractivity contribution >= 4 is 22.2 Å². The summed E-state index contributed by atoms with van der Waals surface area (Å²) in [6.45, 7) is 7.88. The van der Waals surface area contributed by atoms with Gasteiger partial charge < -0.3 is 14.8 Å². The molecule has 0 bridgehead atoms. The molecule has 0 saturated carbocycles. The summed E-state index contributed by atoms with van der Waals surface area (Å²) in [5, 5.41) is 2.62. The van der Waals surface area contributed by atoms with Crippen LogP contribution in [0.2, 0.25) is 0 Å². The van der Waals surface area contributed by atoms with Crippen LogP contribution in [0, 0.1) is 6.92 Å². The Labute approximate surface area is 177 Å². The van der Waals surface area contributed by atoms with Crippen molar-refractivity contribution in [3.8, 4) is 0 Å². The fraction of sp³-hybridized carbons (Fsp3) is 0.600. The van der Waals surface area contributed by atoms with Gasteiger partial charge in [0.25, 0.3) is 10.1 Å². The Morgan fingerprint density at radius 2 is 1.83 bits per heavy atom. The molecule has 0 aromatic heterocycles. The quantitative estimate of drug-likeness (QED) is 0.503. The van der Waals surface area contributed by atoms with Crippen LogP contribution in [0.4, 0.5) is 4.79 Å². The molecule has 1 fully saturated rings. The van der Waals surface area contributed by atoms with Crippen molar-refractivity contribution in [2.45, 2.75) is 56.8 Å². The monoisotopic (exact) mass is 442 g/mol. The van der Waals surface area contributed by atoms with Gasteiger partial charge in [-0.15, -0.1) is 0 Å². The summed E-state index contributed by atoms with van der Waals surface area (Å²) in [5.41, 5.74) is 0.319. The molecule has 1 saturated heterocycles. The zero-order valence-electron chi connectivity index (χ0n) is 18.0. The topological polar surface area (TPSA) is 111 Å². The van der Waals surface area contributed by atoms with Gasteiger partial charge in [0.15, 0.2) is 0 Å². The summed E-state index contributed by atoms with van der Waals surface area (Å²) >= 11 is 0. The van der Waals surface area contributed by atoms with Crippen LogP contribution in [0.1, 0.15) is 32.8 Å². The van der Waals surface area contributed by atoms with E-state index in [1.807, 2.05) is 6.92 Å². The Bertz CT molecular complexity index is 847. The maximum atomic E-state index is 12.6. The van der Waals surface area contributed by atoms with Crippen molar-refractivity contribution in [3.05, 3.63) is 29.8 Å². The molecule has 1 N–H and O–H groups in total. The molecular formula is C20H30N2O7S. The molecule has 1 aliphatic heterocycles. The summed E-state index contributed by atoms with van der Waals surface area (Å²) in [6, 6.07) is 5.70. The van der Waals surface area contributed by atoms with Gasteiger partial charge in [-0.2, -0.15) is 8.42 Å². The minimum atomic E-state index is -3.96. The molecule has 2 rings (SSSR count). The summed E-state index contributed by atoms with van der Waals surface area (Å²) in [6.07, 6.45) is -1.10. The van der Waals surface area contributed by atoms with Crippen LogP contribution in [0.15, 0.2) is 29.2 Å². The Balaban J connectivity index is 1.99. The van der Waals surface area contributed by atoms with Crippen LogP contribution in [0.3, 0.4) is 0 Å². The first-order valence-electron chi connectivity index (χ1n) is 9.70. The van der Waals surface area contributed by atoms with Crippen LogP contribution >= 0.6 is 0 Å². The first-order valence-corrected chi connectivity index (χ1v) is 11.1. The Morgan fingerprint density at radius 3 is 2.40 bits per heavy atom. The number of carbonyl (C=O) groups is 2. The van der Waals surface area contributed by atoms with Crippen LogP contribution in [-0.2, 0) is 28.6 Å². The van der Waals surface area contributed by atoms with Gasteiger partial charge in [-0.3, -0.25) is 13.9 Å². The number of nitrogens with zero attached hydrogens (tertiary/aromatic N) is 1.